The van der Waals surface area contributed by atoms with Gasteiger partial charge in [-0.15, -0.1) is 0 Å². The lowest BCUT2D eigenvalue weighted by molar-refractivity contribution is 0.202. The van der Waals surface area contributed by atoms with Gasteiger partial charge in [0.05, 0.1) is 6.54 Å². The van der Waals surface area contributed by atoms with Crippen LogP contribution in [0.4, 0.5) is 9.18 Å². The molecule has 1 aliphatic rings. The minimum Gasteiger partial charge on any atom is -0.491 e. The number of hydrogen-bond donors (Lipinski definition) is 2. The maximum atomic E-state index is 13.2. The van der Waals surface area contributed by atoms with Crippen molar-refractivity contribution in [1.29, 1.82) is 0 Å². The predicted molar refractivity (Wildman–Crippen MR) is 69.5 cm³/mol. The van der Waals surface area contributed by atoms with Gasteiger partial charge in [0.2, 0.25) is 0 Å². The van der Waals surface area contributed by atoms with Gasteiger partial charge in [-0.3, -0.25) is 0 Å². The van der Waals surface area contributed by atoms with Crippen molar-refractivity contribution in [2.45, 2.75) is 13.0 Å². The Balaban J connectivity index is 1.93. The van der Waals surface area contributed by atoms with E-state index < -0.39 is 0 Å². The Morgan fingerprint density at radius 2 is 2.37 bits per heavy atom. The number of halogens is 1. The van der Waals surface area contributed by atoms with Crippen molar-refractivity contribution in [1.82, 2.24) is 10.2 Å². The molecule has 0 radical (unpaired) electrons. The molecule has 5 nitrogen and oxygen atoms in total. The van der Waals surface area contributed by atoms with E-state index in [1.807, 2.05) is 0 Å². The molecule has 0 bridgehead atoms. The van der Waals surface area contributed by atoms with Gasteiger partial charge in [0.25, 0.3) is 0 Å². The molecule has 6 heteroatoms. The zero-order valence-electron chi connectivity index (χ0n) is 10.9. The van der Waals surface area contributed by atoms with Crippen LogP contribution in [0.2, 0.25) is 0 Å². The van der Waals surface area contributed by atoms with Crippen LogP contribution in [0.5, 0.6) is 5.75 Å². The molecule has 1 saturated heterocycles. The van der Waals surface area contributed by atoms with Crippen molar-refractivity contribution >= 4 is 6.03 Å². The number of nitrogens with two attached hydrogens (primary N) is 1. The zero-order valence-corrected chi connectivity index (χ0v) is 10.9. The summed E-state index contributed by atoms with van der Waals surface area (Å²) >= 11 is 0. The summed E-state index contributed by atoms with van der Waals surface area (Å²) in [6, 6.07) is 3.90. The van der Waals surface area contributed by atoms with Crippen molar-refractivity contribution in [2.24, 2.45) is 5.73 Å². The number of urea groups is 1. The molecule has 0 spiro atoms. The maximum absolute atomic E-state index is 13.2. The van der Waals surface area contributed by atoms with Crippen LogP contribution in [0.3, 0.4) is 0 Å². The second kappa shape index (κ2) is 5.88. The molecule has 19 heavy (non-hydrogen) atoms. The van der Waals surface area contributed by atoms with E-state index in [2.05, 4.69) is 5.32 Å². The predicted octanol–water partition coefficient (Wildman–Crippen LogP) is 1.25. The fourth-order valence-electron chi connectivity index (χ4n) is 2.00. The summed E-state index contributed by atoms with van der Waals surface area (Å²) in [4.78, 5) is 13.0. The Morgan fingerprint density at radius 1 is 1.58 bits per heavy atom. The lowest BCUT2D eigenvalue weighted by atomic mass is 10.1. The fraction of sp³-hybridized carbons (Fsp3) is 0.462. The highest BCUT2D eigenvalue weighted by molar-refractivity contribution is 5.76. The van der Waals surface area contributed by atoms with Crippen LogP contribution in [0, 0.1) is 5.82 Å². The number of rotatable bonds is 5. The summed E-state index contributed by atoms with van der Waals surface area (Å²) in [5, 5.41) is 2.72. The van der Waals surface area contributed by atoms with Gasteiger partial charge in [-0.25, -0.2) is 9.18 Å². The Labute approximate surface area is 111 Å². The van der Waals surface area contributed by atoms with Crippen LogP contribution in [-0.4, -0.2) is 37.2 Å². The molecule has 1 atom stereocenters. The van der Waals surface area contributed by atoms with E-state index in [1.165, 1.54) is 12.1 Å². The van der Waals surface area contributed by atoms with Crippen LogP contribution in [0.1, 0.15) is 18.5 Å². The highest BCUT2D eigenvalue weighted by Gasteiger charge is 2.19. The first-order valence-electron chi connectivity index (χ1n) is 6.28. The van der Waals surface area contributed by atoms with Crippen molar-refractivity contribution < 1.29 is 13.9 Å². The SMILES string of the molecule is C[C@H](N)c1cc(F)ccc1OCCN1CCNC1=O. The average molecular weight is 267 g/mol. The number of carbonyl (C=O) groups excluding carboxylic acids is 1. The molecule has 1 aromatic rings. The van der Waals surface area contributed by atoms with E-state index in [1.54, 1.807) is 17.9 Å². The minimum absolute atomic E-state index is 0.0740. The molecule has 0 saturated carbocycles. The van der Waals surface area contributed by atoms with Crippen LogP contribution in [0.15, 0.2) is 18.2 Å². The molecule has 2 amide bonds. The Bertz CT molecular complexity index is 465. The minimum atomic E-state index is -0.335. The largest absolute Gasteiger partial charge is 0.491 e. The zero-order chi connectivity index (χ0) is 13.8. The van der Waals surface area contributed by atoms with Gasteiger partial charge in [0.15, 0.2) is 0 Å². The lowest BCUT2D eigenvalue weighted by Gasteiger charge is -2.17. The number of hydrogen-bond acceptors (Lipinski definition) is 3. The van der Waals surface area contributed by atoms with Gasteiger partial charge >= 0.3 is 6.03 Å². The summed E-state index contributed by atoms with van der Waals surface area (Å²) in [6.07, 6.45) is 0. The Kier molecular flexibility index (Phi) is 4.21. The smallest absolute Gasteiger partial charge is 0.317 e. The molecule has 104 valence electrons. The van der Waals surface area contributed by atoms with E-state index in [9.17, 15) is 9.18 Å². The topological polar surface area (TPSA) is 67.6 Å². The van der Waals surface area contributed by atoms with Gasteiger partial charge in [-0.05, 0) is 25.1 Å². The molecule has 0 aromatic heterocycles. The van der Waals surface area contributed by atoms with Gasteiger partial charge in [-0.2, -0.15) is 0 Å². The number of nitrogens with zero attached hydrogens (tertiary/aromatic N) is 1. The standard InChI is InChI=1S/C13H18FN3O2/c1-9(15)11-8-10(14)2-3-12(11)19-7-6-17-5-4-16-13(17)18/h2-3,8-9H,4-7,15H2,1H3,(H,16,18)/t9-/m0/s1. The molecule has 3 N–H and O–H groups in total. The Hall–Kier alpha value is -1.82. The monoisotopic (exact) mass is 267 g/mol. The van der Waals surface area contributed by atoms with Gasteiger partial charge in [-0.1, -0.05) is 0 Å². The first-order chi connectivity index (χ1) is 9.08. The fourth-order valence-corrected chi connectivity index (χ4v) is 2.00. The third-order valence-electron chi connectivity index (χ3n) is 3.03. The van der Waals surface area contributed by atoms with E-state index in [0.29, 0.717) is 37.6 Å². The molecule has 0 aliphatic carbocycles. The Morgan fingerprint density at radius 3 is 3.00 bits per heavy atom. The van der Waals surface area contributed by atoms with Crippen molar-refractivity contribution in [3.8, 4) is 5.75 Å². The normalized spacial score (nSPS) is 16.4. The second-order valence-electron chi connectivity index (χ2n) is 4.54. The van der Waals surface area contributed by atoms with Gasteiger partial charge < -0.3 is 20.7 Å². The summed E-state index contributed by atoms with van der Waals surface area (Å²) in [5.41, 5.74) is 6.41. The summed E-state index contributed by atoms with van der Waals surface area (Å²) in [7, 11) is 0. The molecular formula is C13H18FN3O2. The highest BCUT2D eigenvalue weighted by atomic mass is 19.1. The second-order valence-corrected chi connectivity index (χ2v) is 4.54. The molecule has 1 heterocycles. The molecule has 1 aliphatic heterocycles. The number of amides is 2. The summed E-state index contributed by atoms with van der Waals surface area (Å²) < 4.78 is 18.7. The quantitative estimate of drug-likeness (QED) is 0.843. The van der Waals surface area contributed by atoms with Crippen molar-refractivity contribution in [3.63, 3.8) is 0 Å². The van der Waals surface area contributed by atoms with Crippen LogP contribution < -0.4 is 15.8 Å². The van der Waals surface area contributed by atoms with Crippen LogP contribution in [-0.2, 0) is 0 Å². The maximum Gasteiger partial charge on any atom is 0.317 e. The van der Waals surface area contributed by atoms with Crippen molar-refractivity contribution in [2.75, 3.05) is 26.2 Å². The van der Waals surface area contributed by atoms with E-state index >= 15 is 0 Å². The van der Waals surface area contributed by atoms with E-state index in [4.69, 9.17) is 10.5 Å². The van der Waals surface area contributed by atoms with Crippen molar-refractivity contribution in [3.05, 3.63) is 29.6 Å². The average Bonchev–Trinajstić information content (AvgIpc) is 2.77. The van der Waals surface area contributed by atoms with E-state index in [-0.39, 0.29) is 17.9 Å². The molecule has 0 unspecified atom stereocenters. The number of carbonyl (C=O) groups is 1. The van der Waals surface area contributed by atoms with Gasteiger partial charge in [0.1, 0.15) is 18.2 Å². The molecule has 1 fully saturated rings. The number of benzene rings is 1. The van der Waals surface area contributed by atoms with Gasteiger partial charge in [0, 0.05) is 24.7 Å². The molecular weight excluding hydrogens is 249 g/mol. The first-order valence-corrected chi connectivity index (χ1v) is 6.28. The molecule has 2 rings (SSSR count). The number of nitrogens with one attached hydrogen (secondary N) is 1. The number of ether oxygens (including phenoxy) is 1. The van der Waals surface area contributed by atoms with Crippen LogP contribution >= 0.6 is 0 Å². The highest BCUT2D eigenvalue weighted by Crippen LogP contribution is 2.24. The lowest BCUT2D eigenvalue weighted by Crippen LogP contribution is -2.32. The van der Waals surface area contributed by atoms with Crippen LogP contribution in [0.25, 0.3) is 0 Å². The van der Waals surface area contributed by atoms with E-state index in [0.717, 1.165) is 0 Å². The first kappa shape index (κ1) is 13.6. The summed E-state index contributed by atoms with van der Waals surface area (Å²) in [5.74, 6) is 0.231. The molecule has 1 aromatic carbocycles. The summed E-state index contributed by atoms with van der Waals surface area (Å²) in [6.45, 7) is 3.99. The third kappa shape index (κ3) is 3.35. The third-order valence-corrected chi connectivity index (χ3v) is 3.03.